The average molecular weight is 477 g/mol. The van der Waals surface area contributed by atoms with Gasteiger partial charge >= 0.3 is 0 Å². The Hall–Kier alpha value is -4.11. The van der Waals surface area contributed by atoms with E-state index in [0.717, 1.165) is 11.4 Å². The standard InChI is InChI=1S/C25H24N4O4S/c1-17-15-18(2)29(27-17)24-10-5-4-9-23(24)26-25(30)19-7-6-8-22(16-19)34(31,32)28-20-11-13-21(33-3)14-12-20/h4-16,28H,1-3H3,(H,26,30). The van der Waals surface area contributed by atoms with Gasteiger partial charge in [0.15, 0.2) is 0 Å². The summed E-state index contributed by atoms with van der Waals surface area (Å²) in [5.41, 5.74) is 3.66. The number of amides is 1. The Morgan fingerprint density at radius 3 is 2.35 bits per heavy atom. The van der Waals surface area contributed by atoms with E-state index in [1.54, 1.807) is 41.1 Å². The van der Waals surface area contributed by atoms with Crippen LogP contribution in [0.15, 0.2) is 83.8 Å². The molecule has 2 N–H and O–H groups in total. The number of sulfonamides is 1. The predicted molar refractivity (Wildman–Crippen MR) is 131 cm³/mol. The molecule has 0 aliphatic carbocycles. The number of anilines is 2. The first-order chi connectivity index (χ1) is 16.3. The predicted octanol–water partition coefficient (Wildman–Crippen LogP) is 4.55. The molecule has 0 atom stereocenters. The number of carbonyl (C=O) groups excluding carboxylic acids is 1. The van der Waals surface area contributed by atoms with Crippen LogP contribution in [0.4, 0.5) is 11.4 Å². The summed E-state index contributed by atoms with van der Waals surface area (Å²) >= 11 is 0. The quantitative estimate of drug-likeness (QED) is 0.407. The van der Waals surface area contributed by atoms with Gasteiger partial charge in [0.2, 0.25) is 0 Å². The minimum absolute atomic E-state index is 0.0252. The molecule has 0 aliphatic rings. The number of hydrogen-bond donors (Lipinski definition) is 2. The lowest BCUT2D eigenvalue weighted by atomic mass is 10.2. The molecule has 3 aromatic carbocycles. The average Bonchev–Trinajstić information content (AvgIpc) is 3.17. The number of methoxy groups -OCH3 is 1. The minimum Gasteiger partial charge on any atom is -0.497 e. The van der Waals surface area contributed by atoms with E-state index in [0.29, 0.717) is 22.8 Å². The van der Waals surface area contributed by atoms with Crippen LogP contribution in [0.1, 0.15) is 21.7 Å². The zero-order valence-electron chi connectivity index (χ0n) is 18.9. The Morgan fingerprint density at radius 2 is 1.68 bits per heavy atom. The molecule has 0 bridgehead atoms. The largest absolute Gasteiger partial charge is 0.497 e. The van der Waals surface area contributed by atoms with Crippen molar-refractivity contribution >= 4 is 27.3 Å². The molecule has 174 valence electrons. The fourth-order valence-corrected chi connectivity index (χ4v) is 4.61. The molecule has 4 aromatic rings. The van der Waals surface area contributed by atoms with Crippen molar-refractivity contribution in [1.82, 2.24) is 9.78 Å². The fraction of sp³-hybridized carbons (Fsp3) is 0.120. The van der Waals surface area contributed by atoms with Crippen molar-refractivity contribution in [2.45, 2.75) is 18.7 Å². The van der Waals surface area contributed by atoms with Gasteiger partial charge in [-0.2, -0.15) is 5.10 Å². The first-order valence-corrected chi connectivity index (χ1v) is 12.0. The Bertz CT molecular complexity index is 1440. The van der Waals surface area contributed by atoms with E-state index in [4.69, 9.17) is 4.74 Å². The molecular formula is C25H24N4O4S. The number of nitrogens with zero attached hydrogens (tertiary/aromatic N) is 2. The van der Waals surface area contributed by atoms with Gasteiger partial charge in [0, 0.05) is 16.9 Å². The highest BCUT2D eigenvalue weighted by Gasteiger charge is 2.18. The van der Waals surface area contributed by atoms with Crippen molar-refractivity contribution < 1.29 is 17.9 Å². The highest BCUT2D eigenvalue weighted by molar-refractivity contribution is 7.92. The molecule has 9 heteroatoms. The summed E-state index contributed by atoms with van der Waals surface area (Å²) in [7, 11) is -2.37. The van der Waals surface area contributed by atoms with Gasteiger partial charge < -0.3 is 10.1 Å². The number of ether oxygens (including phenoxy) is 1. The zero-order chi connectivity index (χ0) is 24.3. The first-order valence-electron chi connectivity index (χ1n) is 10.5. The van der Waals surface area contributed by atoms with E-state index >= 15 is 0 Å². The Labute approximate surface area is 198 Å². The van der Waals surface area contributed by atoms with Gasteiger partial charge in [-0.3, -0.25) is 9.52 Å². The molecule has 0 spiro atoms. The molecule has 0 radical (unpaired) electrons. The maximum absolute atomic E-state index is 13.0. The van der Waals surface area contributed by atoms with Crippen LogP contribution < -0.4 is 14.8 Å². The maximum atomic E-state index is 13.0. The lowest BCUT2D eigenvalue weighted by Crippen LogP contribution is -2.17. The van der Waals surface area contributed by atoms with E-state index in [1.807, 2.05) is 38.1 Å². The van der Waals surface area contributed by atoms with Crippen LogP contribution in [0.2, 0.25) is 0 Å². The number of carbonyl (C=O) groups is 1. The molecular weight excluding hydrogens is 452 g/mol. The second-order valence-electron chi connectivity index (χ2n) is 7.67. The third-order valence-electron chi connectivity index (χ3n) is 5.14. The normalized spacial score (nSPS) is 11.1. The Morgan fingerprint density at radius 1 is 0.941 bits per heavy atom. The third kappa shape index (κ3) is 4.94. The van der Waals surface area contributed by atoms with Crippen LogP contribution in [0.3, 0.4) is 0 Å². The highest BCUT2D eigenvalue weighted by atomic mass is 32.2. The van der Waals surface area contributed by atoms with Gasteiger partial charge in [0.1, 0.15) is 5.75 Å². The van der Waals surface area contributed by atoms with Crippen LogP contribution in [0.5, 0.6) is 5.75 Å². The van der Waals surface area contributed by atoms with Crippen molar-refractivity contribution in [3.05, 3.63) is 95.8 Å². The molecule has 1 amide bonds. The summed E-state index contributed by atoms with van der Waals surface area (Å²) in [6.07, 6.45) is 0. The van der Waals surface area contributed by atoms with Crippen molar-refractivity contribution in [3.63, 3.8) is 0 Å². The number of nitrogens with one attached hydrogen (secondary N) is 2. The van der Waals surface area contributed by atoms with Gasteiger partial charge in [-0.1, -0.05) is 18.2 Å². The number of hydrogen-bond acceptors (Lipinski definition) is 5. The van der Waals surface area contributed by atoms with Gasteiger partial charge in [0.25, 0.3) is 15.9 Å². The number of rotatable bonds is 7. The number of aromatic nitrogens is 2. The van der Waals surface area contributed by atoms with Crippen molar-refractivity contribution in [2.75, 3.05) is 17.1 Å². The van der Waals surface area contributed by atoms with Crippen LogP contribution in [0, 0.1) is 13.8 Å². The monoisotopic (exact) mass is 476 g/mol. The molecule has 1 aromatic heterocycles. The van der Waals surface area contributed by atoms with E-state index in [-0.39, 0.29) is 10.5 Å². The molecule has 4 rings (SSSR count). The van der Waals surface area contributed by atoms with Crippen molar-refractivity contribution in [2.24, 2.45) is 0 Å². The fourth-order valence-electron chi connectivity index (χ4n) is 3.51. The molecule has 0 saturated heterocycles. The third-order valence-corrected chi connectivity index (χ3v) is 6.52. The van der Waals surface area contributed by atoms with E-state index in [9.17, 15) is 13.2 Å². The Balaban J connectivity index is 1.58. The molecule has 1 heterocycles. The van der Waals surface area contributed by atoms with E-state index < -0.39 is 15.9 Å². The summed E-state index contributed by atoms with van der Waals surface area (Å²) in [5.74, 6) is 0.179. The first kappa shape index (κ1) is 23.1. The lowest BCUT2D eigenvalue weighted by Gasteiger charge is -2.13. The molecule has 0 saturated carbocycles. The molecule has 8 nitrogen and oxygen atoms in total. The van der Waals surface area contributed by atoms with Crippen LogP contribution in [-0.4, -0.2) is 31.2 Å². The summed E-state index contributed by atoms with van der Waals surface area (Å²) < 4.78 is 35.1. The summed E-state index contributed by atoms with van der Waals surface area (Å²) in [5, 5.41) is 7.36. The van der Waals surface area contributed by atoms with Crippen LogP contribution in [0.25, 0.3) is 5.69 Å². The van der Waals surface area contributed by atoms with Gasteiger partial charge in [-0.05, 0) is 74.5 Å². The molecule has 34 heavy (non-hydrogen) atoms. The SMILES string of the molecule is COc1ccc(NS(=O)(=O)c2cccc(C(=O)Nc3ccccc3-n3nc(C)cc3C)c2)cc1. The van der Waals surface area contributed by atoms with E-state index in [1.165, 1.54) is 25.3 Å². The maximum Gasteiger partial charge on any atom is 0.261 e. The minimum atomic E-state index is -3.90. The number of aryl methyl sites for hydroxylation is 2. The van der Waals surface area contributed by atoms with Crippen LogP contribution in [-0.2, 0) is 10.0 Å². The number of benzene rings is 3. The number of para-hydroxylation sites is 2. The van der Waals surface area contributed by atoms with Gasteiger partial charge in [-0.15, -0.1) is 0 Å². The smallest absolute Gasteiger partial charge is 0.261 e. The molecule has 0 unspecified atom stereocenters. The van der Waals surface area contributed by atoms with Gasteiger partial charge in [0.05, 0.1) is 29.1 Å². The highest BCUT2D eigenvalue weighted by Crippen LogP contribution is 2.24. The summed E-state index contributed by atoms with van der Waals surface area (Å²) in [6.45, 7) is 3.83. The molecule has 0 fully saturated rings. The van der Waals surface area contributed by atoms with E-state index in [2.05, 4.69) is 15.1 Å². The van der Waals surface area contributed by atoms with Gasteiger partial charge in [-0.25, -0.2) is 13.1 Å². The zero-order valence-corrected chi connectivity index (χ0v) is 19.8. The topological polar surface area (TPSA) is 102 Å². The second-order valence-corrected chi connectivity index (χ2v) is 9.35. The summed E-state index contributed by atoms with van der Waals surface area (Å²) in [6, 6.07) is 21.6. The molecule has 0 aliphatic heterocycles. The summed E-state index contributed by atoms with van der Waals surface area (Å²) in [4.78, 5) is 13.0. The van der Waals surface area contributed by atoms with Crippen molar-refractivity contribution in [1.29, 1.82) is 0 Å². The lowest BCUT2D eigenvalue weighted by molar-refractivity contribution is 0.102. The van der Waals surface area contributed by atoms with Crippen LogP contribution >= 0.6 is 0 Å². The second kappa shape index (κ2) is 9.40. The Kier molecular flexibility index (Phi) is 6.38. The van der Waals surface area contributed by atoms with Crippen molar-refractivity contribution in [3.8, 4) is 11.4 Å².